The van der Waals surface area contributed by atoms with Gasteiger partial charge in [-0.1, -0.05) is 25.2 Å². The molecule has 0 bridgehead atoms. The van der Waals surface area contributed by atoms with Crippen LogP contribution in [-0.2, 0) is 0 Å². The summed E-state index contributed by atoms with van der Waals surface area (Å²) in [7, 11) is 1.55. The quantitative estimate of drug-likeness (QED) is 0.818. The summed E-state index contributed by atoms with van der Waals surface area (Å²) in [6, 6.07) is 5.33. The molecule has 0 aliphatic heterocycles. The second-order valence-corrected chi connectivity index (χ2v) is 6.02. The zero-order valence-corrected chi connectivity index (χ0v) is 13.9. The third-order valence-corrected chi connectivity index (χ3v) is 4.45. The molecule has 0 heterocycles. The van der Waals surface area contributed by atoms with E-state index in [2.05, 4.69) is 18.2 Å². The van der Waals surface area contributed by atoms with Crippen molar-refractivity contribution < 1.29 is 14.3 Å². The van der Waals surface area contributed by atoms with Gasteiger partial charge >= 0.3 is 0 Å². The average molecular weight is 315 g/mol. The largest absolute Gasteiger partial charge is 0.493 e. The molecule has 0 saturated heterocycles. The number of hydrogen-bond donors (Lipinski definition) is 1. The lowest BCUT2D eigenvalue weighted by molar-refractivity contribution is 0.0919. The molecule has 4 heteroatoms. The van der Waals surface area contributed by atoms with E-state index < -0.39 is 0 Å². The van der Waals surface area contributed by atoms with Crippen LogP contribution in [0.15, 0.2) is 18.2 Å². The normalized spacial score (nSPS) is 16.2. The maximum Gasteiger partial charge on any atom is 0.251 e. The van der Waals surface area contributed by atoms with E-state index in [4.69, 9.17) is 15.9 Å². The van der Waals surface area contributed by atoms with Crippen LogP contribution in [-0.4, -0.2) is 25.7 Å². The summed E-state index contributed by atoms with van der Waals surface area (Å²) < 4.78 is 10.7. The minimum atomic E-state index is -0.0788. The predicted molar refractivity (Wildman–Crippen MR) is 90.8 cm³/mol. The molecule has 1 saturated carbocycles. The maximum absolute atomic E-state index is 12.5. The molecular weight excluding hydrogens is 290 g/mol. The molecule has 124 valence electrons. The topological polar surface area (TPSA) is 47.6 Å². The second-order valence-electron chi connectivity index (χ2n) is 6.02. The Morgan fingerprint density at radius 1 is 1.35 bits per heavy atom. The van der Waals surface area contributed by atoms with E-state index in [1.54, 1.807) is 25.3 Å². The average Bonchev–Trinajstić information content (AvgIpc) is 2.60. The Morgan fingerprint density at radius 2 is 2.09 bits per heavy atom. The van der Waals surface area contributed by atoms with E-state index >= 15 is 0 Å². The molecule has 1 N–H and O–H groups in total. The highest BCUT2D eigenvalue weighted by molar-refractivity contribution is 5.95. The number of methoxy groups -OCH3 is 1. The molecule has 0 aromatic heterocycles. The van der Waals surface area contributed by atoms with Gasteiger partial charge in [-0.2, -0.15) is 0 Å². The summed E-state index contributed by atoms with van der Waals surface area (Å²) in [4.78, 5) is 12.5. The van der Waals surface area contributed by atoms with Crippen LogP contribution in [0, 0.1) is 18.3 Å². The summed E-state index contributed by atoms with van der Waals surface area (Å²) in [6.45, 7) is 2.26. The van der Waals surface area contributed by atoms with Gasteiger partial charge in [0.2, 0.25) is 0 Å². The molecule has 0 spiro atoms. The van der Waals surface area contributed by atoms with E-state index in [-0.39, 0.29) is 18.6 Å². The highest BCUT2D eigenvalue weighted by atomic mass is 16.5. The number of nitrogens with one attached hydrogen (secondary N) is 1. The van der Waals surface area contributed by atoms with Crippen molar-refractivity contribution in [1.29, 1.82) is 0 Å². The minimum Gasteiger partial charge on any atom is -0.493 e. The summed E-state index contributed by atoms with van der Waals surface area (Å²) in [5.41, 5.74) is 0.567. The molecule has 23 heavy (non-hydrogen) atoms. The molecule has 1 aliphatic carbocycles. The first-order valence-corrected chi connectivity index (χ1v) is 8.21. The van der Waals surface area contributed by atoms with Gasteiger partial charge in [-0.05, 0) is 43.9 Å². The molecule has 2 rings (SSSR count). The molecule has 1 fully saturated rings. The lowest BCUT2D eigenvalue weighted by atomic mass is 9.84. The minimum absolute atomic E-state index is 0.0788. The molecule has 1 amide bonds. The lowest BCUT2D eigenvalue weighted by Crippen LogP contribution is -2.38. The van der Waals surface area contributed by atoms with Gasteiger partial charge in [0.15, 0.2) is 11.5 Å². The van der Waals surface area contributed by atoms with Crippen LogP contribution in [0.3, 0.4) is 0 Å². The highest BCUT2D eigenvalue weighted by Crippen LogP contribution is 2.29. The van der Waals surface area contributed by atoms with Crippen molar-refractivity contribution in [2.24, 2.45) is 5.92 Å². The van der Waals surface area contributed by atoms with Crippen molar-refractivity contribution in [2.45, 2.75) is 45.1 Å². The molecule has 0 radical (unpaired) electrons. The first-order chi connectivity index (χ1) is 11.2. The summed E-state index contributed by atoms with van der Waals surface area (Å²) in [6.07, 6.45) is 11.4. The van der Waals surface area contributed by atoms with Crippen molar-refractivity contribution in [1.82, 2.24) is 5.32 Å². The molecule has 4 nitrogen and oxygen atoms in total. The first-order valence-electron chi connectivity index (χ1n) is 8.21. The zero-order chi connectivity index (χ0) is 16.7. The fourth-order valence-electron chi connectivity index (χ4n) is 3.09. The van der Waals surface area contributed by atoms with Crippen LogP contribution in [0.1, 0.15) is 49.4 Å². The molecule has 1 atom stereocenters. The molecular formula is C19H25NO3. The Balaban J connectivity index is 2.02. The lowest BCUT2D eigenvalue weighted by Gasteiger charge is -2.28. The third-order valence-electron chi connectivity index (χ3n) is 4.45. The Hall–Kier alpha value is -2.15. The number of carbonyl (C=O) groups excluding carboxylic acids is 1. The fourth-order valence-corrected chi connectivity index (χ4v) is 3.09. The van der Waals surface area contributed by atoms with Crippen molar-refractivity contribution >= 4 is 5.91 Å². The van der Waals surface area contributed by atoms with Crippen molar-refractivity contribution in [2.75, 3.05) is 13.7 Å². The Bertz CT molecular complexity index is 570. The van der Waals surface area contributed by atoms with Crippen molar-refractivity contribution in [3.05, 3.63) is 23.8 Å². The zero-order valence-electron chi connectivity index (χ0n) is 13.9. The maximum atomic E-state index is 12.5. The van der Waals surface area contributed by atoms with E-state index in [0.717, 1.165) is 0 Å². The van der Waals surface area contributed by atoms with E-state index in [9.17, 15) is 4.79 Å². The summed E-state index contributed by atoms with van der Waals surface area (Å²) in [5.74, 6) is 3.96. The van der Waals surface area contributed by atoms with Crippen LogP contribution in [0.25, 0.3) is 0 Å². The predicted octanol–water partition coefficient (Wildman–Crippen LogP) is 3.41. The molecule has 1 aromatic rings. The van der Waals surface area contributed by atoms with Gasteiger partial charge < -0.3 is 14.8 Å². The van der Waals surface area contributed by atoms with Gasteiger partial charge in [-0.3, -0.25) is 4.79 Å². The molecule has 1 aromatic carbocycles. The Labute approximate surface area is 138 Å². The monoisotopic (exact) mass is 315 g/mol. The number of hydrogen-bond acceptors (Lipinski definition) is 3. The van der Waals surface area contributed by atoms with Crippen LogP contribution in [0.4, 0.5) is 0 Å². The first kappa shape index (κ1) is 17.2. The van der Waals surface area contributed by atoms with Crippen LogP contribution >= 0.6 is 0 Å². The van der Waals surface area contributed by atoms with Crippen LogP contribution < -0.4 is 14.8 Å². The fraction of sp³-hybridized carbons (Fsp3) is 0.526. The number of benzene rings is 1. The van der Waals surface area contributed by atoms with Gasteiger partial charge in [0.05, 0.1) is 7.11 Å². The number of carbonyl (C=O) groups is 1. The van der Waals surface area contributed by atoms with Gasteiger partial charge in [-0.25, -0.2) is 0 Å². The van der Waals surface area contributed by atoms with E-state index in [1.165, 1.54) is 32.1 Å². The van der Waals surface area contributed by atoms with Crippen molar-refractivity contribution in [3.8, 4) is 23.8 Å². The van der Waals surface area contributed by atoms with Gasteiger partial charge in [0, 0.05) is 11.6 Å². The van der Waals surface area contributed by atoms with Crippen LogP contribution in [0.2, 0.25) is 0 Å². The SMILES string of the molecule is C#CCOc1ccc(C(=O)NC(C)C2CCCCC2)cc1OC. The molecule has 1 aliphatic rings. The van der Waals surface area contributed by atoms with E-state index in [0.29, 0.717) is 23.0 Å². The Kier molecular flexibility index (Phi) is 6.34. The standard InChI is InChI=1S/C19H25NO3/c1-4-12-23-17-11-10-16(13-18(17)22-3)19(21)20-14(2)15-8-6-5-7-9-15/h1,10-11,13-15H,5-9,12H2,2-3H3,(H,20,21). The van der Waals surface area contributed by atoms with Crippen LogP contribution in [0.5, 0.6) is 11.5 Å². The van der Waals surface area contributed by atoms with E-state index in [1.807, 2.05) is 0 Å². The molecule has 1 unspecified atom stereocenters. The number of amides is 1. The number of rotatable bonds is 6. The number of ether oxygens (including phenoxy) is 2. The van der Waals surface area contributed by atoms with Gasteiger partial charge in [0.1, 0.15) is 6.61 Å². The summed E-state index contributed by atoms with van der Waals surface area (Å²) >= 11 is 0. The second kappa shape index (κ2) is 8.47. The Morgan fingerprint density at radius 3 is 2.74 bits per heavy atom. The van der Waals surface area contributed by atoms with Crippen molar-refractivity contribution in [3.63, 3.8) is 0 Å². The summed E-state index contributed by atoms with van der Waals surface area (Å²) in [5, 5.41) is 3.11. The van der Waals surface area contributed by atoms with Gasteiger partial charge in [-0.15, -0.1) is 6.42 Å². The smallest absolute Gasteiger partial charge is 0.251 e. The third kappa shape index (κ3) is 4.66. The number of terminal acetylenes is 1. The highest BCUT2D eigenvalue weighted by Gasteiger charge is 2.22. The van der Waals surface area contributed by atoms with Gasteiger partial charge in [0.25, 0.3) is 5.91 Å².